The van der Waals surface area contributed by atoms with E-state index in [2.05, 4.69) is 21.0 Å². The molecule has 0 amide bonds. The smallest absolute Gasteiger partial charge is 0.200 e. The summed E-state index contributed by atoms with van der Waals surface area (Å²) in [6.07, 6.45) is 1.32. The van der Waals surface area contributed by atoms with E-state index in [1.807, 2.05) is 0 Å². The Labute approximate surface area is 124 Å². The molecule has 0 bridgehead atoms. The van der Waals surface area contributed by atoms with Gasteiger partial charge in [-0.25, -0.2) is 22.0 Å². The van der Waals surface area contributed by atoms with E-state index in [1.165, 1.54) is 10.9 Å². The van der Waals surface area contributed by atoms with Crippen molar-refractivity contribution in [2.45, 2.75) is 19.5 Å². The average Bonchev–Trinajstić information content (AvgIpc) is 2.84. The molecule has 0 aliphatic rings. The molecule has 2 aromatic rings. The van der Waals surface area contributed by atoms with Crippen LogP contribution in [-0.4, -0.2) is 9.78 Å². The van der Waals surface area contributed by atoms with E-state index < -0.39 is 40.7 Å². The molecule has 0 saturated heterocycles. The second-order valence-corrected chi connectivity index (χ2v) is 5.01. The van der Waals surface area contributed by atoms with E-state index in [0.29, 0.717) is 11.0 Å². The van der Waals surface area contributed by atoms with E-state index in [-0.39, 0.29) is 5.69 Å². The lowest BCUT2D eigenvalue weighted by atomic mass is 10.0. The van der Waals surface area contributed by atoms with Gasteiger partial charge in [0.1, 0.15) is 0 Å². The van der Waals surface area contributed by atoms with Crippen LogP contribution in [0.5, 0.6) is 0 Å². The summed E-state index contributed by atoms with van der Waals surface area (Å²) in [5, 5.41) is 3.89. The van der Waals surface area contributed by atoms with Crippen molar-refractivity contribution in [1.29, 1.82) is 0 Å². The monoisotopic (exact) mass is 369 g/mol. The van der Waals surface area contributed by atoms with Crippen molar-refractivity contribution in [2.24, 2.45) is 5.73 Å². The van der Waals surface area contributed by atoms with Gasteiger partial charge in [0.25, 0.3) is 0 Å². The molecule has 0 saturated carbocycles. The zero-order valence-corrected chi connectivity index (χ0v) is 12.2. The first-order chi connectivity index (χ1) is 9.81. The van der Waals surface area contributed by atoms with Crippen molar-refractivity contribution in [1.82, 2.24) is 9.78 Å². The van der Waals surface area contributed by atoms with Crippen LogP contribution in [-0.2, 0) is 6.54 Å². The number of aromatic nitrogens is 2. The second kappa shape index (κ2) is 5.72. The maximum atomic E-state index is 13.8. The van der Waals surface area contributed by atoms with Crippen molar-refractivity contribution >= 4 is 15.9 Å². The fourth-order valence-corrected chi connectivity index (χ4v) is 2.51. The second-order valence-electron chi connectivity index (χ2n) is 4.15. The number of halogens is 6. The summed E-state index contributed by atoms with van der Waals surface area (Å²) >= 11 is 3.09. The summed E-state index contributed by atoms with van der Waals surface area (Å²) < 4.78 is 68.6. The predicted molar refractivity (Wildman–Crippen MR) is 67.9 cm³/mol. The summed E-state index contributed by atoms with van der Waals surface area (Å²) in [5.74, 6) is -10.2. The number of hydrogen-bond acceptors (Lipinski definition) is 2. The maximum Gasteiger partial charge on any atom is 0.200 e. The van der Waals surface area contributed by atoms with Gasteiger partial charge in [-0.3, -0.25) is 4.68 Å². The molecule has 1 atom stereocenters. The molecular formula is C12H9BrF5N3. The third-order valence-corrected chi connectivity index (χ3v) is 3.59. The normalized spacial score (nSPS) is 12.8. The summed E-state index contributed by atoms with van der Waals surface area (Å²) in [6.45, 7) is 2.00. The van der Waals surface area contributed by atoms with Gasteiger partial charge in [-0.1, -0.05) is 0 Å². The first-order valence-electron chi connectivity index (χ1n) is 5.79. The molecule has 0 aliphatic heterocycles. The first kappa shape index (κ1) is 15.9. The lowest BCUT2D eigenvalue weighted by Gasteiger charge is -2.17. The van der Waals surface area contributed by atoms with E-state index >= 15 is 0 Å². The maximum absolute atomic E-state index is 13.8. The Kier molecular flexibility index (Phi) is 4.33. The third kappa shape index (κ3) is 2.44. The Bertz CT molecular complexity index is 672. The van der Waals surface area contributed by atoms with Crippen LogP contribution in [0.4, 0.5) is 22.0 Å². The van der Waals surface area contributed by atoms with Crippen LogP contribution in [0.1, 0.15) is 24.2 Å². The lowest BCUT2D eigenvalue weighted by Crippen LogP contribution is -2.22. The SMILES string of the molecule is CCn1ncc(Br)c1C(N)c1c(F)c(F)c(F)c(F)c1F. The van der Waals surface area contributed by atoms with Crippen molar-refractivity contribution in [3.05, 3.63) is 51.0 Å². The fourth-order valence-electron chi connectivity index (χ4n) is 1.96. The minimum Gasteiger partial charge on any atom is -0.319 e. The molecule has 114 valence electrons. The number of nitrogens with two attached hydrogens (primary N) is 1. The van der Waals surface area contributed by atoms with E-state index in [9.17, 15) is 22.0 Å². The first-order valence-corrected chi connectivity index (χ1v) is 6.58. The van der Waals surface area contributed by atoms with Crippen LogP contribution in [0.25, 0.3) is 0 Å². The van der Waals surface area contributed by atoms with E-state index in [1.54, 1.807) is 6.92 Å². The Morgan fingerprint density at radius 2 is 1.57 bits per heavy atom. The van der Waals surface area contributed by atoms with Gasteiger partial charge in [-0.15, -0.1) is 0 Å². The molecule has 1 aromatic heterocycles. The largest absolute Gasteiger partial charge is 0.319 e. The highest BCUT2D eigenvalue weighted by Crippen LogP contribution is 2.33. The molecule has 0 aliphatic carbocycles. The summed E-state index contributed by atoms with van der Waals surface area (Å²) in [7, 11) is 0. The van der Waals surface area contributed by atoms with E-state index in [0.717, 1.165) is 0 Å². The van der Waals surface area contributed by atoms with Crippen LogP contribution in [0.3, 0.4) is 0 Å². The minimum atomic E-state index is -2.22. The molecule has 0 spiro atoms. The van der Waals surface area contributed by atoms with Crippen LogP contribution >= 0.6 is 15.9 Å². The van der Waals surface area contributed by atoms with Gasteiger partial charge in [0.15, 0.2) is 23.3 Å². The zero-order chi connectivity index (χ0) is 15.9. The number of benzene rings is 1. The van der Waals surface area contributed by atoms with Crippen LogP contribution < -0.4 is 5.73 Å². The standard InChI is InChI=1S/C12H9BrF5N3/c1-2-21-12(4(13)3-20-21)11(19)5-6(14)8(16)10(18)9(17)7(5)15/h3,11H,2,19H2,1H3. The van der Waals surface area contributed by atoms with Gasteiger partial charge in [0.05, 0.1) is 28.0 Å². The molecular weight excluding hydrogens is 361 g/mol. The van der Waals surface area contributed by atoms with Crippen LogP contribution in [0.2, 0.25) is 0 Å². The Morgan fingerprint density at radius 3 is 2.05 bits per heavy atom. The molecule has 0 fully saturated rings. The van der Waals surface area contributed by atoms with Gasteiger partial charge in [-0.2, -0.15) is 5.10 Å². The summed E-state index contributed by atoms with van der Waals surface area (Å²) in [4.78, 5) is 0. The van der Waals surface area contributed by atoms with Crippen LogP contribution in [0, 0.1) is 29.1 Å². The molecule has 1 heterocycles. The Morgan fingerprint density at radius 1 is 1.10 bits per heavy atom. The summed E-state index contributed by atoms with van der Waals surface area (Å²) in [6, 6.07) is -1.56. The highest BCUT2D eigenvalue weighted by molar-refractivity contribution is 9.10. The van der Waals surface area contributed by atoms with Gasteiger partial charge >= 0.3 is 0 Å². The van der Waals surface area contributed by atoms with Gasteiger partial charge < -0.3 is 5.73 Å². The van der Waals surface area contributed by atoms with Gasteiger partial charge in [-0.05, 0) is 22.9 Å². The third-order valence-electron chi connectivity index (χ3n) is 2.98. The summed E-state index contributed by atoms with van der Waals surface area (Å²) in [5.41, 5.74) is 4.72. The topological polar surface area (TPSA) is 43.8 Å². The number of hydrogen-bond donors (Lipinski definition) is 1. The molecule has 9 heteroatoms. The zero-order valence-electron chi connectivity index (χ0n) is 10.6. The number of nitrogens with zero attached hydrogens (tertiary/aromatic N) is 2. The number of aryl methyl sites for hydroxylation is 1. The Hall–Kier alpha value is -1.48. The average molecular weight is 370 g/mol. The highest BCUT2D eigenvalue weighted by Gasteiger charge is 2.31. The van der Waals surface area contributed by atoms with Crippen molar-refractivity contribution in [2.75, 3.05) is 0 Å². The minimum absolute atomic E-state index is 0.112. The molecule has 1 aromatic carbocycles. The highest BCUT2D eigenvalue weighted by atomic mass is 79.9. The predicted octanol–water partition coefficient (Wildman–Crippen LogP) is 3.41. The molecule has 2 rings (SSSR count). The molecule has 21 heavy (non-hydrogen) atoms. The van der Waals surface area contributed by atoms with Gasteiger partial charge in [0, 0.05) is 6.54 Å². The molecule has 2 N–H and O–H groups in total. The van der Waals surface area contributed by atoms with E-state index in [4.69, 9.17) is 5.73 Å². The lowest BCUT2D eigenvalue weighted by molar-refractivity contribution is 0.365. The van der Waals surface area contributed by atoms with Crippen molar-refractivity contribution < 1.29 is 22.0 Å². The van der Waals surface area contributed by atoms with Crippen molar-refractivity contribution in [3.63, 3.8) is 0 Å². The van der Waals surface area contributed by atoms with Crippen LogP contribution in [0.15, 0.2) is 10.7 Å². The van der Waals surface area contributed by atoms with Gasteiger partial charge in [0.2, 0.25) is 5.82 Å². The van der Waals surface area contributed by atoms with Crippen molar-refractivity contribution in [3.8, 4) is 0 Å². The molecule has 0 radical (unpaired) electrons. The number of rotatable bonds is 3. The Balaban J connectivity index is 2.69. The molecule has 3 nitrogen and oxygen atoms in total. The fraction of sp³-hybridized carbons (Fsp3) is 0.250. The quantitative estimate of drug-likeness (QED) is 0.511. The molecule has 1 unspecified atom stereocenters.